The first-order valence-corrected chi connectivity index (χ1v) is 5.19. The van der Waals surface area contributed by atoms with Gasteiger partial charge in [0.15, 0.2) is 0 Å². The monoisotopic (exact) mass is 225 g/mol. The molecule has 0 aromatic heterocycles. The average Bonchev–Trinajstić information content (AvgIpc) is 2.20. The van der Waals surface area contributed by atoms with Gasteiger partial charge in [0, 0.05) is 0 Å². The molecular weight excluding hydrogens is 209 g/mol. The molecule has 2 N–H and O–H groups in total. The zero-order chi connectivity index (χ0) is 12.1. The molecule has 0 amide bonds. The normalized spacial score (nSPS) is 12.6. The molecule has 88 valence electrons. The highest BCUT2D eigenvalue weighted by atomic mass is 19.1. The molecule has 0 radical (unpaired) electrons. The molecule has 0 aliphatic carbocycles. The van der Waals surface area contributed by atoms with Crippen LogP contribution in [0.5, 0.6) is 0 Å². The number of hydrogen-bond acceptors (Lipinski definition) is 3. The Hall–Kier alpha value is -1.42. The van der Waals surface area contributed by atoms with Crippen LogP contribution in [0.3, 0.4) is 0 Å². The smallest absolute Gasteiger partial charge is 0.323 e. The van der Waals surface area contributed by atoms with Crippen molar-refractivity contribution in [2.75, 3.05) is 0 Å². The number of halogens is 1. The van der Waals surface area contributed by atoms with Gasteiger partial charge in [-0.05, 0) is 38.0 Å². The van der Waals surface area contributed by atoms with Gasteiger partial charge in [-0.1, -0.05) is 12.1 Å². The van der Waals surface area contributed by atoms with Crippen LogP contribution in [0.1, 0.15) is 19.4 Å². The average molecular weight is 225 g/mol. The topological polar surface area (TPSA) is 52.3 Å². The second kappa shape index (κ2) is 5.61. The standard InChI is InChI=1S/C12H16FNO2/c1-8(2)16-12(15)11(14)7-9-3-5-10(13)6-4-9/h3-6,8,11H,7,14H2,1-2H3. The molecule has 0 aliphatic heterocycles. The number of carbonyl (C=O) groups is 1. The maximum atomic E-state index is 12.6. The Morgan fingerprint density at radius 2 is 1.94 bits per heavy atom. The Bertz CT molecular complexity index is 349. The first-order chi connectivity index (χ1) is 7.49. The number of benzene rings is 1. The van der Waals surface area contributed by atoms with E-state index in [-0.39, 0.29) is 11.9 Å². The summed E-state index contributed by atoms with van der Waals surface area (Å²) in [6.45, 7) is 3.53. The van der Waals surface area contributed by atoms with Crippen LogP contribution < -0.4 is 5.73 Å². The Labute approximate surface area is 94.4 Å². The summed E-state index contributed by atoms with van der Waals surface area (Å²) in [7, 11) is 0. The maximum Gasteiger partial charge on any atom is 0.323 e. The summed E-state index contributed by atoms with van der Waals surface area (Å²) in [4.78, 5) is 11.4. The Kier molecular flexibility index (Phi) is 4.43. The summed E-state index contributed by atoms with van der Waals surface area (Å²) in [6.07, 6.45) is 0.179. The van der Waals surface area contributed by atoms with Crippen molar-refractivity contribution in [1.29, 1.82) is 0 Å². The second-order valence-electron chi connectivity index (χ2n) is 3.92. The lowest BCUT2D eigenvalue weighted by molar-refractivity contribution is -0.148. The minimum absolute atomic E-state index is 0.174. The third-order valence-corrected chi connectivity index (χ3v) is 2.02. The molecule has 3 nitrogen and oxygen atoms in total. The number of ether oxygens (including phenoxy) is 1. The van der Waals surface area contributed by atoms with Gasteiger partial charge >= 0.3 is 5.97 Å². The molecule has 0 bridgehead atoms. The van der Waals surface area contributed by atoms with Crippen molar-refractivity contribution in [2.24, 2.45) is 5.73 Å². The Morgan fingerprint density at radius 3 is 2.44 bits per heavy atom. The van der Waals surface area contributed by atoms with E-state index in [9.17, 15) is 9.18 Å². The molecule has 1 aromatic carbocycles. The van der Waals surface area contributed by atoms with Crippen molar-refractivity contribution >= 4 is 5.97 Å². The summed E-state index contributed by atoms with van der Waals surface area (Å²) in [5.74, 6) is -0.735. The van der Waals surface area contributed by atoms with Gasteiger partial charge in [-0.25, -0.2) is 4.39 Å². The van der Waals surface area contributed by atoms with Crippen LogP contribution in [0.25, 0.3) is 0 Å². The van der Waals surface area contributed by atoms with Crippen LogP contribution in [-0.4, -0.2) is 18.1 Å². The van der Waals surface area contributed by atoms with Gasteiger partial charge in [0.1, 0.15) is 11.9 Å². The second-order valence-corrected chi connectivity index (χ2v) is 3.92. The van der Waals surface area contributed by atoms with Gasteiger partial charge in [-0.3, -0.25) is 4.79 Å². The molecule has 0 heterocycles. The van der Waals surface area contributed by atoms with E-state index in [1.165, 1.54) is 12.1 Å². The molecule has 4 heteroatoms. The van der Waals surface area contributed by atoms with E-state index in [2.05, 4.69) is 0 Å². The van der Waals surface area contributed by atoms with E-state index in [1.807, 2.05) is 0 Å². The number of nitrogens with two attached hydrogens (primary N) is 1. The SMILES string of the molecule is CC(C)OC(=O)C(N)Cc1ccc(F)cc1. The van der Waals surface area contributed by atoms with Crippen molar-refractivity contribution in [3.05, 3.63) is 35.6 Å². The fraction of sp³-hybridized carbons (Fsp3) is 0.417. The fourth-order valence-electron chi connectivity index (χ4n) is 1.28. The summed E-state index contributed by atoms with van der Waals surface area (Å²) in [6, 6.07) is 5.20. The van der Waals surface area contributed by atoms with Crippen molar-refractivity contribution in [1.82, 2.24) is 0 Å². The van der Waals surface area contributed by atoms with Crippen molar-refractivity contribution < 1.29 is 13.9 Å². The lowest BCUT2D eigenvalue weighted by Crippen LogP contribution is -2.35. The van der Waals surface area contributed by atoms with E-state index >= 15 is 0 Å². The maximum absolute atomic E-state index is 12.6. The van der Waals surface area contributed by atoms with Gasteiger partial charge in [-0.15, -0.1) is 0 Å². The first kappa shape index (κ1) is 12.6. The largest absolute Gasteiger partial charge is 0.462 e. The Morgan fingerprint density at radius 1 is 1.38 bits per heavy atom. The zero-order valence-corrected chi connectivity index (χ0v) is 9.44. The van der Waals surface area contributed by atoms with Crippen LogP contribution in [0, 0.1) is 5.82 Å². The molecule has 0 saturated carbocycles. The van der Waals surface area contributed by atoms with E-state index < -0.39 is 12.0 Å². The molecule has 1 unspecified atom stereocenters. The van der Waals surface area contributed by atoms with Gasteiger partial charge in [0.2, 0.25) is 0 Å². The fourth-order valence-corrected chi connectivity index (χ4v) is 1.28. The summed E-state index contributed by atoms with van der Waals surface area (Å²) in [5.41, 5.74) is 6.48. The molecule has 1 aromatic rings. The number of carbonyl (C=O) groups excluding carboxylic acids is 1. The van der Waals surface area contributed by atoms with Gasteiger partial charge < -0.3 is 10.5 Å². The van der Waals surface area contributed by atoms with Gasteiger partial charge in [0.25, 0.3) is 0 Å². The zero-order valence-electron chi connectivity index (χ0n) is 9.44. The quantitative estimate of drug-likeness (QED) is 0.793. The molecule has 1 rings (SSSR count). The first-order valence-electron chi connectivity index (χ1n) is 5.19. The Balaban J connectivity index is 2.53. The number of rotatable bonds is 4. The van der Waals surface area contributed by atoms with Crippen LogP contribution >= 0.6 is 0 Å². The molecule has 0 fully saturated rings. The summed E-state index contributed by atoms with van der Waals surface area (Å²) < 4.78 is 17.6. The minimum Gasteiger partial charge on any atom is -0.462 e. The van der Waals surface area contributed by atoms with E-state index in [4.69, 9.17) is 10.5 Å². The van der Waals surface area contributed by atoms with Crippen LogP contribution in [0.15, 0.2) is 24.3 Å². The predicted octanol–water partition coefficient (Wildman–Crippen LogP) is 1.65. The molecule has 1 atom stereocenters. The van der Waals surface area contributed by atoms with Crippen molar-refractivity contribution in [3.8, 4) is 0 Å². The van der Waals surface area contributed by atoms with E-state index in [0.29, 0.717) is 6.42 Å². The third kappa shape index (κ3) is 3.98. The van der Waals surface area contributed by atoms with Crippen molar-refractivity contribution in [2.45, 2.75) is 32.4 Å². The molecule has 16 heavy (non-hydrogen) atoms. The molecule has 0 aliphatic rings. The minimum atomic E-state index is -0.701. The number of hydrogen-bond donors (Lipinski definition) is 1. The van der Waals surface area contributed by atoms with E-state index in [0.717, 1.165) is 5.56 Å². The summed E-state index contributed by atoms with van der Waals surface area (Å²) >= 11 is 0. The van der Waals surface area contributed by atoms with Crippen molar-refractivity contribution in [3.63, 3.8) is 0 Å². The molecule has 0 saturated heterocycles. The van der Waals surface area contributed by atoms with Crippen LogP contribution in [0.4, 0.5) is 4.39 Å². The highest BCUT2D eigenvalue weighted by molar-refractivity contribution is 5.76. The highest BCUT2D eigenvalue weighted by Crippen LogP contribution is 2.06. The van der Waals surface area contributed by atoms with Gasteiger partial charge in [-0.2, -0.15) is 0 Å². The number of esters is 1. The third-order valence-electron chi connectivity index (χ3n) is 2.02. The molecular formula is C12H16FNO2. The lowest BCUT2D eigenvalue weighted by Gasteiger charge is -2.13. The van der Waals surface area contributed by atoms with Crippen LogP contribution in [-0.2, 0) is 16.0 Å². The van der Waals surface area contributed by atoms with Crippen LogP contribution in [0.2, 0.25) is 0 Å². The van der Waals surface area contributed by atoms with E-state index in [1.54, 1.807) is 26.0 Å². The summed E-state index contributed by atoms with van der Waals surface area (Å²) in [5, 5.41) is 0. The highest BCUT2D eigenvalue weighted by Gasteiger charge is 2.16. The molecule has 0 spiro atoms. The predicted molar refractivity (Wildman–Crippen MR) is 59.3 cm³/mol. The van der Waals surface area contributed by atoms with Gasteiger partial charge in [0.05, 0.1) is 6.10 Å². The lowest BCUT2D eigenvalue weighted by atomic mass is 10.1.